The zero-order valence-electron chi connectivity index (χ0n) is 21.9. The van der Waals surface area contributed by atoms with Gasteiger partial charge in [0.1, 0.15) is 0 Å². The second kappa shape index (κ2) is 7.08. The lowest BCUT2D eigenvalue weighted by Gasteiger charge is -2.68. The zero-order chi connectivity index (χ0) is 24.2. The molecule has 0 amide bonds. The van der Waals surface area contributed by atoms with Gasteiger partial charge in [0.15, 0.2) is 0 Å². The lowest BCUT2D eigenvalue weighted by atomic mass is 9.36. The van der Waals surface area contributed by atoms with Crippen LogP contribution in [0, 0.1) is 50.7 Å². The minimum absolute atomic E-state index is 0.0206. The van der Waals surface area contributed by atoms with Crippen LogP contribution in [0.1, 0.15) is 80.6 Å². The van der Waals surface area contributed by atoms with Crippen LogP contribution in [0.4, 0.5) is 0 Å². The normalized spacial score (nSPS) is 57.8. The predicted octanol–water partition coefficient (Wildman–Crippen LogP) is 5.66. The molecule has 0 saturated heterocycles. The Bertz CT molecular complexity index is 933. The van der Waals surface area contributed by atoms with E-state index in [4.69, 9.17) is 0 Å². The van der Waals surface area contributed by atoms with Crippen LogP contribution in [0.25, 0.3) is 0 Å². The molecule has 5 aliphatic carbocycles. The van der Waals surface area contributed by atoms with E-state index in [2.05, 4.69) is 65.8 Å². The Kier molecular flexibility index (Phi) is 5.11. The van der Waals surface area contributed by atoms with E-state index in [9.17, 15) is 15.3 Å². The van der Waals surface area contributed by atoms with Crippen LogP contribution in [0.15, 0.2) is 35.5 Å². The molecule has 5 rings (SSSR count). The number of hydrogen-bond acceptors (Lipinski definition) is 3. The van der Waals surface area contributed by atoms with Gasteiger partial charge in [-0.05, 0) is 60.2 Å². The van der Waals surface area contributed by atoms with E-state index in [1.54, 1.807) is 5.57 Å². The van der Waals surface area contributed by atoms with Gasteiger partial charge in [0, 0.05) is 22.7 Å². The molecule has 33 heavy (non-hydrogen) atoms. The summed E-state index contributed by atoms with van der Waals surface area (Å²) >= 11 is 0. The Morgan fingerprint density at radius 2 is 1.67 bits per heavy atom. The van der Waals surface area contributed by atoms with E-state index < -0.39 is 23.0 Å². The molecule has 0 aromatic carbocycles. The van der Waals surface area contributed by atoms with Crippen molar-refractivity contribution in [2.45, 2.75) is 92.8 Å². The third-order valence-corrected chi connectivity index (χ3v) is 12.4. The molecule has 0 bridgehead atoms. The molecule has 2 fully saturated rings. The lowest BCUT2D eigenvalue weighted by Crippen LogP contribution is -2.64. The van der Waals surface area contributed by atoms with Crippen molar-refractivity contribution in [2.75, 3.05) is 6.61 Å². The predicted molar refractivity (Wildman–Crippen MR) is 133 cm³/mol. The highest BCUT2D eigenvalue weighted by atomic mass is 16.3. The number of allylic oxidation sites excluding steroid dienone is 5. The van der Waals surface area contributed by atoms with Crippen LogP contribution in [0.5, 0.6) is 0 Å². The van der Waals surface area contributed by atoms with Gasteiger partial charge < -0.3 is 15.3 Å². The number of aliphatic hydroxyl groups excluding tert-OH is 3. The summed E-state index contributed by atoms with van der Waals surface area (Å²) in [4.78, 5) is 0. The highest BCUT2D eigenvalue weighted by Crippen LogP contribution is 2.73. The number of fused-ring (bicyclic) bond motifs is 7. The average Bonchev–Trinajstić information content (AvgIpc) is 2.76. The van der Waals surface area contributed by atoms with Crippen LogP contribution < -0.4 is 0 Å². The summed E-state index contributed by atoms with van der Waals surface area (Å²) in [6.07, 6.45) is 13.4. The van der Waals surface area contributed by atoms with Gasteiger partial charge in [-0.15, -0.1) is 0 Å². The summed E-state index contributed by atoms with van der Waals surface area (Å²) in [7, 11) is 0. The fourth-order valence-electron chi connectivity index (χ4n) is 9.54. The summed E-state index contributed by atoms with van der Waals surface area (Å²) in [5.41, 5.74) is 1.75. The monoisotopic (exact) mass is 454 g/mol. The van der Waals surface area contributed by atoms with Crippen molar-refractivity contribution >= 4 is 0 Å². The summed E-state index contributed by atoms with van der Waals surface area (Å²) < 4.78 is 0. The first-order valence-electron chi connectivity index (χ1n) is 13.4. The van der Waals surface area contributed by atoms with Crippen molar-refractivity contribution < 1.29 is 15.3 Å². The molecule has 0 aromatic heterocycles. The summed E-state index contributed by atoms with van der Waals surface area (Å²) in [5, 5.41) is 32.7. The second-order valence-electron chi connectivity index (χ2n) is 13.7. The lowest BCUT2D eigenvalue weighted by molar-refractivity contribution is -0.149. The fourth-order valence-corrected chi connectivity index (χ4v) is 9.54. The van der Waals surface area contributed by atoms with E-state index >= 15 is 0 Å². The van der Waals surface area contributed by atoms with Crippen LogP contribution in [-0.2, 0) is 0 Å². The number of aliphatic hydroxyl groups is 3. The Morgan fingerprint density at radius 3 is 2.33 bits per heavy atom. The molecule has 184 valence electrons. The van der Waals surface area contributed by atoms with Crippen molar-refractivity contribution in [3.8, 4) is 0 Å². The van der Waals surface area contributed by atoms with Crippen LogP contribution in [-0.4, -0.2) is 34.1 Å². The van der Waals surface area contributed by atoms with Gasteiger partial charge in [-0.25, -0.2) is 0 Å². The summed E-state index contributed by atoms with van der Waals surface area (Å²) in [6.45, 7) is 16.4. The van der Waals surface area contributed by atoms with Gasteiger partial charge in [-0.3, -0.25) is 0 Å². The largest absolute Gasteiger partial charge is 0.395 e. The molecule has 0 unspecified atom stereocenters. The molecule has 0 aromatic rings. The highest BCUT2D eigenvalue weighted by Gasteiger charge is 2.67. The molecule has 3 heteroatoms. The van der Waals surface area contributed by atoms with E-state index in [0.29, 0.717) is 18.3 Å². The van der Waals surface area contributed by atoms with Crippen LogP contribution >= 0.6 is 0 Å². The van der Waals surface area contributed by atoms with Gasteiger partial charge in [0.2, 0.25) is 0 Å². The van der Waals surface area contributed by atoms with Crippen LogP contribution in [0.3, 0.4) is 0 Å². The van der Waals surface area contributed by atoms with Gasteiger partial charge in [-0.1, -0.05) is 83.9 Å². The molecule has 5 aliphatic rings. The zero-order valence-corrected chi connectivity index (χ0v) is 21.9. The van der Waals surface area contributed by atoms with Gasteiger partial charge in [-0.2, -0.15) is 0 Å². The molecule has 2 saturated carbocycles. The number of rotatable bonds is 1. The molecule has 0 aliphatic heterocycles. The Morgan fingerprint density at radius 1 is 0.970 bits per heavy atom. The van der Waals surface area contributed by atoms with E-state index in [-0.39, 0.29) is 28.8 Å². The number of hydrogen-bond donors (Lipinski definition) is 3. The van der Waals surface area contributed by atoms with Crippen molar-refractivity contribution in [2.24, 2.45) is 50.7 Å². The first-order valence-corrected chi connectivity index (χ1v) is 13.4. The first-order chi connectivity index (χ1) is 15.3. The van der Waals surface area contributed by atoms with Crippen molar-refractivity contribution in [1.82, 2.24) is 0 Å². The third-order valence-electron chi connectivity index (χ3n) is 12.4. The smallest absolute Gasteiger partial charge is 0.0678 e. The SMILES string of the molecule is C[C@H]1[C@H](C)CC[C@]2(C)C=C[C@]3(C)C(=CC[C@@H]4[C@]5(C)C(=CC[C@]43C)[C@](C)(CO)[C@@H](O)C[C@H]5O)[C@H]12. The maximum Gasteiger partial charge on any atom is 0.0678 e. The molecule has 3 nitrogen and oxygen atoms in total. The Balaban J connectivity index is 1.67. The minimum atomic E-state index is -0.716. The van der Waals surface area contributed by atoms with Crippen molar-refractivity contribution in [3.05, 3.63) is 35.5 Å². The molecule has 0 radical (unpaired) electrons. The Labute approximate surface area is 201 Å². The average molecular weight is 455 g/mol. The van der Waals surface area contributed by atoms with Crippen molar-refractivity contribution in [1.29, 1.82) is 0 Å². The molecule has 11 atom stereocenters. The highest BCUT2D eigenvalue weighted by molar-refractivity contribution is 5.44. The molecular formula is C30H46O3. The first kappa shape index (κ1) is 23.8. The third kappa shape index (κ3) is 2.68. The van der Waals surface area contributed by atoms with Gasteiger partial charge in [0.25, 0.3) is 0 Å². The minimum Gasteiger partial charge on any atom is -0.395 e. The van der Waals surface area contributed by atoms with Gasteiger partial charge in [0.05, 0.1) is 18.8 Å². The van der Waals surface area contributed by atoms with E-state index in [1.165, 1.54) is 12.8 Å². The Hall–Kier alpha value is -0.900. The summed E-state index contributed by atoms with van der Waals surface area (Å²) in [6, 6.07) is 0. The van der Waals surface area contributed by atoms with Crippen molar-refractivity contribution in [3.63, 3.8) is 0 Å². The van der Waals surface area contributed by atoms with Crippen LogP contribution in [0.2, 0.25) is 0 Å². The maximum absolute atomic E-state index is 11.5. The quantitative estimate of drug-likeness (QED) is 0.448. The summed E-state index contributed by atoms with van der Waals surface area (Å²) in [5.74, 6) is 2.25. The maximum atomic E-state index is 11.5. The standard InChI is InChI=1S/C30H46O3/c1-18-10-12-26(3)14-15-28(5)20(25(26)19(18)2)8-9-22-29(28,6)13-11-21-27(4,17-31)23(32)16-24(33)30(21,22)7/h8,11,14-15,18-19,22-25,31-33H,9-10,12-13,16-17H2,1-7H3/t18-,19+,22+,23+,24-,25+,26-,27+,28-,29-,30+/m1/s1. The molecule has 3 N–H and O–H groups in total. The molecule has 0 heterocycles. The molecular weight excluding hydrogens is 408 g/mol. The molecule has 0 spiro atoms. The topological polar surface area (TPSA) is 60.7 Å². The van der Waals surface area contributed by atoms with Gasteiger partial charge >= 0.3 is 0 Å². The van der Waals surface area contributed by atoms with E-state index in [0.717, 1.165) is 24.3 Å². The second-order valence-corrected chi connectivity index (χ2v) is 13.7. The fraction of sp³-hybridized carbons (Fsp3) is 0.800. The van der Waals surface area contributed by atoms with E-state index in [1.807, 2.05) is 6.92 Å².